The van der Waals surface area contributed by atoms with Gasteiger partial charge in [0.05, 0.1) is 0 Å². The molecule has 0 unspecified atom stereocenters. The Labute approximate surface area is 166 Å². The van der Waals surface area contributed by atoms with E-state index >= 15 is 0 Å². The fourth-order valence-electron chi connectivity index (χ4n) is 3.30. The predicted octanol–water partition coefficient (Wildman–Crippen LogP) is 2.76. The van der Waals surface area contributed by atoms with E-state index in [1.165, 1.54) is 0 Å². The number of aromatic nitrogens is 2. The van der Waals surface area contributed by atoms with Gasteiger partial charge in [-0.1, -0.05) is 18.5 Å². The van der Waals surface area contributed by atoms with Crippen molar-refractivity contribution >= 4 is 34.3 Å². The van der Waals surface area contributed by atoms with E-state index in [2.05, 4.69) is 14.9 Å². The van der Waals surface area contributed by atoms with Gasteiger partial charge in [0, 0.05) is 48.3 Å². The van der Waals surface area contributed by atoms with Gasteiger partial charge in [0.15, 0.2) is 0 Å². The van der Waals surface area contributed by atoms with Gasteiger partial charge in [-0.05, 0) is 30.7 Å². The maximum Gasteiger partial charge on any atom is 0.349 e. The highest BCUT2D eigenvalue weighted by molar-refractivity contribution is 6.31. The van der Waals surface area contributed by atoms with Gasteiger partial charge in [0.1, 0.15) is 23.3 Å². The van der Waals surface area contributed by atoms with Crippen LogP contribution in [0, 0.1) is 0 Å². The Balaban J connectivity index is 1.51. The number of carbonyl (C=O) groups excluding carboxylic acids is 1. The Morgan fingerprint density at radius 1 is 1.14 bits per heavy atom. The molecule has 28 heavy (non-hydrogen) atoms. The minimum atomic E-state index is -0.634. The molecule has 0 atom stereocenters. The molecule has 1 amide bonds. The highest BCUT2D eigenvalue weighted by atomic mass is 35.5. The molecule has 3 aromatic rings. The molecular weight excluding hydrogens is 380 g/mol. The fraction of sp³-hybridized carbons (Fsp3) is 0.300. The Morgan fingerprint density at radius 2 is 1.93 bits per heavy atom. The second kappa shape index (κ2) is 7.59. The van der Waals surface area contributed by atoms with Gasteiger partial charge in [0.25, 0.3) is 5.91 Å². The largest absolute Gasteiger partial charge is 0.422 e. The number of nitrogens with zero attached hydrogens (tertiary/aromatic N) is 4. The number of anilines is 1. The van der Waals surface area contributed by atoms with E-state index in [9.17, 15) is 9.59 Å². The molecule has 0 radical (unpaired) electrons. The molecule has 1 saturated heterocycles. The second-order valence-corrected chi connectivity index (χ2v) is 7.07. The molecule has 1 aliphatic rings. The molecule has 0 N–H and O–H groups in total. The standard InChI is InChI=1S/C20H19ClN4O3/c1-2-15-11-18(23-12-22-15)24-5-7-25(8-6-24)19(26)16-10-13-9-14(21)3-4-17(13)28-20(16)27/h3-4,9-12H,2,5-8H2,1H3. The average molecular weight is 399 g/mol. The summed E-state index contributed by atoms with van der Waals surface area (Å²) in [6, 6.07) is 8.47. The lowest BCUT2D eigenvalue weighted by atomic mass is 10.1. The molecule has 4 rings (SSSR count). The molecule has 8 heteroatoms. The normalized spacial score (nSPS) is 14.5. The fourth-order valence-corrected chi connectivity index (χ4v) is 3.48. The monoisotopic (exact) mass is 398 g/mol. The number of carbonyl (C=O) groups is 1. The number of aryl methyl sites for hydroxylation is 1. The van der Waals surface area contributed by atoms with Crippen molar-refractivity contribution in [1.29, 1.82) is 0 Å². The maximum absolute atomic E-state index is 12.9. The zero-order valence-electron chi connectivity index (χ0n) is 15.4. The first kappa shape index (κ1) is 18.4. The maximum atomic E-state index is 12.9. The Kier molecular flexibility index (Phi) is 5.00. The third kappa shape index (κ3) is 3.57. The quantitative estimate of drug-likeness (QED) is 0.631. The van der Waals surface area contributed by atoms with Crippen LogP contribution in [0.5, 0.6) is 0 Å². The van der Waals surface area contributed by atoms with Crippen LogP contribution in [-0.4, -0.2) is 47.0 Å². The molecule has 1 fully saturated rings. The molecule has 144 valence electrons. The van der Waals surface area contributed by atoms with Gasteiger partial charge < -0.3 is 14.2 Å². The molecule has 2 aromatic heterocycles. The van der Waals surface area contributed by atoms with Crippen LogP contribution < -0.4 is 10.5 Å². The van der Waals surface area contributed by atoms with Crippen LogP contribution in [0.1, 0.15) is 23.0 Å². The summed E-state index contributed by atoms with van der Waals surface area (Å²) in [5.74, 6) is 0.533. The SMILES string of the molecule is CCc1cc(N2CCN(C(=O)c3cc4cc(Cl)ccc4oc3=O)CC2)ncn1. The summed E-state index contributed by atoms with van der Waals surface area (Å²) in [6.45, 7) is 4.31. The van der Waals surface area contributed by atoms with E-state index < -0.39 is 5.63 Å². The molecule has 0 aliphatic carbocycles. The number of hydrogen-bond acceptors (Lipinski definition) is 6. The Bertz CT molecular complexity index is 1090. The van der Waals surface area contributed by atoms with Crippen molar-refractivity contribution in [2.45, 2.75) is 13.3 Å². The smallest absolute Gasteiger partial charge is 0.349 e. The van der Waals surface area contributed by atoms with Crippen LogP contribution >= 0.6 is 11.6 Å². The minimum absolute atomic E-state index is 0.0264. The number of rotatable bonds is 3. The first-order valence-electron chi connectivity index (χ1n) is 9.13. The summed E-state index contributed by atoms with van der Waals surface area (Å²) in [7, 11) is 0. The topological polar surface area (TPSA) is 79.5 Å². The zero-order chi connectivity index (χ0) is 19.7. The Hall–Kier alpha value is -2.93. The van der Waals surface area contributed by atoms with Gasteiger partial charge >= 0.3 is 5.63 Å². The number of halogens is 1. The molecular formula is C20H19ClN4O3. The third-order valence-electron chi connectivity index (χ3n) is 4.89. The summed E-state index contributed by atoms with van der Waals surface area (Å²) in [5.41, 5.74) is 0.784. The van der Waals surface area contributed by atoms with Crippen LogP contribution in [0.25, 0.3) is 11.0 Å². The molecule has 1 aromatic carbocycles. The van der Waals surface area contributed by atoms with E-state index in [0.717, 1.165) is 17.9 Å². The van der Waals surface area contributed by atoms with E-state index in [1.54, 1.807) is 35.5 Å². The van der Waals surface area contributed by atoms with Gasteiger partial charge in [-0.15, -0.1) is 0 Å². The molecule has 0 saturated carbocycles. The molecule has 1 aliphatic heterocycles. The molecule has 0 spiro atoms. The first-order valence-corrected chi connectivity index (χ1v) is 9.51. The van der Waals surface area contributed by atoms with Crippen molar-refractivity contribution in [3.63, 3.8) is 0 Å². The van der Waals surface area contributed by atoms with E-state index in [-0.39, 0.29) is 11.5 Å². The van der Waals surface area contributed by atoms with Crippen molar-refractivity contribution in [2.24, 2.45) is 0 Å². The number of fused-ring (bicyclic) bond motifs is 1. The Morgan fingerprint density at radius 3 is 2.68 bits per heavy atom. The van der Waals surface area contributed by atoms with Crippen LogP contribution in [0.15, 0.2) is 45.9 Å². The zero-order valence-corrected chi connectivity index (χ0v) is 16.1. The van der Waals surface area contributed by atoms with Gasteiger partial charge in [-0.2, -0.15) is 0 Å². The van der Waals surface area contributed by atoms with E-state index in [0.29, 0.717) is 42.2 Å². The van der Waals surface area contributed by atoms with Gasteiger partial charge in [-0.3, -0.25) is 4.79 Å². The highest BCUT2D eigenvalue weighted by Crippen LogP contribution is 2.20. The third-order valence-corrected chi connectivity index (χ3v) is 5.12. The van der Waals surface area contributed by atoms with Crippen LogP contribution in [0.4, 0.5) is 5.82 Å². The summed E-state index contributed by atoms with van der Waals surface area (Å²) in [4.78, 5) is 37.5. The summed E-state index contributed by atoms with van der Waals surface area (Å²) >= 11 is 6.00. The van der Waals surface area contributed by atoms with Crippen LogP contribution in [0.2, 0.25) is 5.02 Å². The lowest BCUT2D eigenvalue weighted by Crippen LogP contribution is -2.49. The number of amides is 1. The summed E-state index contributed by atoms with van der Waals surface area (Å²) < 4.78 is 5.29. The first-order chi connectivity index (χ1) is 13.5. The van der Waals surface area contributed by atoms with Crippen molar-refractivity contribution in [3.05, 3.63) is 63.4 Å². The number of piperazine rings is 1. The van der Waals surface area contributed by atoms with Crippen molar-refractivity contribution in [1.82, 2.24) is 14.9 Å². The molecule has 0 bridgehead atoms. The van der Waals surface area contributed by atoms with Gasteiger partial charge in [0.2, 0.25) is 0 Å². The molecule has 7 nitrogen and oxygen atoms in total. The highest BCUT2D eigenvalue weighted by Gasteiger charge is 2.25. The number of benzene rings is 1. The molecule has 3 heterocycles. The lowest BCUT2D eigenvalue weighted by Gasteiger charge is -2.35. The van der Waals surface area contributed by atoms with Gasteiger partial charge in [-0.25, -0.2) is 14.8 Å². The lowest BCUT2D eigenvalue weighted by molar-refractivity contribution is 0.0742. The van der Waals surface area contributed by atoms with Crippen LogP contribution in [0.3, 0.4) is 0 Å². The van der Waals surface area contributed by atoms with Crippen molar-refractivity contribution in [2.75, 3.05) is 31.1 Å². The van der Waals surface area contributed by atoms with E-state index in [1.807, 2.05) is 13.0 Å². The van der Waals surface area contributed by atoms with Crippen molar-refractivity contribution < 1.29 is 9.21 Å². The summed E-state index contributed by atoms with van der Waals surface area (Å²) in [6.07, 6.45) is 2.41. The van der Waals surface area contributed by atoms with Crippen molar-refractivity contribution in [3.8, 4) is 0 Å². The van der Waals surface area contributed by atoms with E-state index in [4.69, 9.17) is 16.0 Å². The average Bonchev–Trinajstić information content (AvgIpc) is 2.73. The summed E-state index contributed by atoms with van der Waals surface area (Å²) in [5, 5.41) is 1.15. The minimum Gasteiger partial charge on any atom is -0.422 e. The van der Waals surface area contributed by atoms with Crippen LogP contribution in [-0.2, 0) is 6.42 Å². The number of hydrogen-bond donors (Lipinski definition) is 0. The predicted molar refractivity (Wildman–Crippen MR) is 107 cm³/mol. The second-order valence-electron chi connectivity index (χ2n) is 6.63.